The van der Waals surface area contributed by atoms with Crippen molar-refractivity contribution in [2.24, 2.45) is 0 Å². The normalized spacial score (nSPS) is 11.8. The largest absolute Gasteiger partial charge is 0.325 e. The van der Waals surface area contributed by atoms with Gasteiger partial charge in [0, 0.05) is 28.0 Å². The predicted molar refractivity (Wildman–Crippen MR) is 114 cm³/mol. The summed E-state index contributed by atoms with van der Waals surface area (Å²) in [6.45, 7) is 2.02. The maximum atomic E-state index is 12.6. The van der Waals surface area contributed by atoms with E-state index < -0.39 is 0 Å². The lowest BCUT2D eigenvalue weighted by Crippen LogP contribution is -2.24. The highest BCUT2D eigenvalue weighted by molar-refractivity contribution is 8.00. The summed E-state index contributed by atoms with van der Waals surface area (Å²) >= 11 is 7.48. The van der Waals surface area contributed by atoms with Crippen LogP contribution in [0.4, 0.5) is 5.69 Å². The summed E-state index contributed by atoms with van der Waals surface area (Å²) in [6, 6.07) is 19.6. The Hall–Kier alpha value is -2.30. The monoisotopic (exact) mass is 396 g/mol. The van der Waals surface area contributed by atoms with Gasteiger partial charge in [-0.25, -0.2) is 0 Å². The molecule has 3 nitrogen and oxygen atoms in total. The zero-order valence-electron chi connectivity index (χ0n) is 15.1. The van der Waals surface area contributed by atoms with E-state index in [-0.39, 0.29) is 11.2 Å². The van der Waals surface area contributed by atoms with Crippen LogP contribution in [0.1, 0.15) is 24.5 Å². The van der Waals surface area contributed by atoms with E-state index >= 15 is 0 Å². The molecule has 0 aliphatic carbocycles. The van der Waals surface area contributed by atoms with Crippen LogP contribution in [-0.2, 0) is 11.2 Å². The van der Waals surface area contributed by atoms with Gasteiger partial charge in [-0.05, 0) is 72.5 Å². The number of pyridine rings is 1. The number of nitrogens with one attached hydrogen (secondary N) is 1. The van der Waals surface area contributed by atoms with Crippen molar-refractivity contribution in [3.05, 3.63) is 89.2 Å². The van der Waals surface area contributed by atoms with Gasteiger partial charge in [-0.1, -0.05) is 30.7 Å². The standard InChI is InChI=1S/C22H21ClN2OS/c1-2-21(27-20-9-5-18(23)6-10-20)22(26)25-19-7-3-16(4-8-19)15-17-11-13-24-14-12-17/h3-14,21H,2,15H2,1H3,(H,25,26)/t21-/m0/s1. The average Bonchev–Trinajstić information content (AvgIpc) is 2.70. The molecule has 0 radical (unpaired) electrons. The SMILES string of the molecule is CC[C@H](Sc1ccc(Cl)cc1)C(=O)Nc1ccc(Cc2ccncc2)cc1. The van der Waals surface area contributed by atoms with Crippen LogP contribution in [0.2, 0.25) is 5.02 Å². The number of rotatable bonds is 7. The minimum atomic E-state index is -0.150. The van der Waals surface area contributed by atoms with Crippen molar-refractivity contribution in [2.45, 2.75) is 29.9 Å². The van der Waals surface area contributed by atoms with Gasteiger partial charge in [0.25, 0.3) is 0 Å². The van der Waals surface area contributed by atoms with E-state index in [2.05, 4.69) is 10.3 Å². The first-order valence-electron chi connectivity index (χ1n) is 8.85. The second-order valence-corrected chi connectivity index (χ2v) is 7.90. The molecule has 138 valence electrons. The molecule has 27 heavy (non-hydrogen) atoms. The summed E-state index contributed by atoms with van der Waals surface area (Å²) in [5, 5.41) is 3.57. The smallest absolute Gasteiger partial charge is 0.237 e. The van der Waals surface area contributed by atoms with Gasteiger partial charge in [0.05, 0.1) is 5.25 Å². The van der Waals surface area contributed by atoms with Crippen LogP contribution in [0.5, 0.6) is 0 Å². The molecule has 0 aliphatic rings. The number of aromatic nitrogens is 1. The number of halogens is 1. The van der Waals surface area contributed by atoms with E-state index in [4.69, 9.17) is 11.6 Å². The van der Waals surface area contributed by atoms with Crippen LogP contribution >= 0.6 is 23.4 Å². The molecule has 5 heteroatoms. The third kappa shape index (κ3) is 5.84. The topological polar surface area (TPSA) is 42.0 Å². The van der Waals surface area contributed by atoms with Gasteiger partial charge in [-0.3, -0.25) is 9.78 Å². The summed E-state index contributed by atoms with van der Waals surface area (Å²) in [5.74, 6) is 0.0133. The summed E-state index contributed by atoms with van der Waals surface area (Å²) < 4.78 is 0. The molecule has 0 saturated carbocycles. The molecule has 3 aromatic rings. The predicted octanol–water partition coefficient (Wildman–Crippen LogP) is 5.84. The van der Waals surface area contributed by atoms with Crippen LogP contribution in [0.3, 0.4) is 0 Å². The number of hydrogen-bond acceptors (Lipinski definition) is 3. The average molecular weight is 397 g/mol. The number of anilines is 1. The Kier molecular flexibility index (Phi) is 6.91. The maximum absolute atomic E-state index is 12.6. The summed E-state index contributed by atoms with van der Waals surface area (Å²) in [7, 11) is 0. The molecular formula is C22H21ClN2OS. The Labute approximate surface area is 169 Å². The second kappa shape index (κ2) is 9.58. The van der Waals surface area contributed by atoms with E-state index in [1.165, 1.54) is 11.1 Å². The molecule has 0 fully saturated rings. The highest BCUT2D eigenvalue weighted by Crippen LogP contribution is 2.27. The summed E-state index contributed by atoms with van der Waals surface area (Å²) in [6.07, 6.45) is 5.19. The van der Waals surface area contributed by atoms with Crippen LogP contribution in [0.25, 0.3) is 0 Å². The van der Waals surface area contributed by atoms with Crippen LogP contribution in [0.15, 0.2) is 78.0 Å². The van der Waals surface area contributed by atoms with Crippen LogP contribution < -0.4 is 5.32 Å². The number of thioether (sulfide) groups is 1. The van der Waals surface area contributed by atoms with Crippen molar-refractivity contribution in [2.75, 3.05) is 5.32 Å². The first-order valence-corrected chi connectivity index (χ1v) is 10.1. The van der Waals surface area contributed by atoms with Gasteiger partial charge >= 0.3 is 0 Å². The van der Waals surface area contributed by atoms with Crippen molar-refractivity contribution in [1.82, 2.24) is 4.98 Å². The van der Waals surface area contributed by atoms with E-state index in [0.29, 0.717) is 5.02 Å². The summed E-state index contributed by atoms with van der Waals surface area (Å²) in [4.78, 5) is 17.7. The lowest BCUT2D eigenvalue weighted by atomic mass is 10.1. The molecule has 1 amide bonds. The lowest BCUT2D eigenvalue weighted by Gasteiger charge is -2.15. The lowest BCUT2D eigenvalue weighted by molar-refractivity contribution is -0.115. The number of amides is 1. The van der Waals surface area contributed by atoms with Gasteiger partial charge in [-0.2, -0.15) is 0 Å². The van der Waals surface area contributed by atoms with E-state index in [1.54, 1.807) is 24.2 Å². The van der Waals surface area contributed by atoms with Gasteiger partial charge in [0.15, 0.2) is 0 Å². The molecule has 3 rings (SSSR count). The molecule has 0 saturated heterocycles. The molecule has 0 aliphatic heterocycles. The first kappa shape index (κ1) is 19.5. The minimum absolute atomic E-state index is 0.0133. The van der Waals surface area contributed by atoms with E-state index in [9.17, 15) is 4.79 Å². The third-order valence-corrected chi connectivity index (χ3v) is 5.76. The molecule has 0 unspecified atom stereocenters. The van der Waals surface area contributed by atoms with Gasteiger partial charge < -0.3 is 5.32 Å². The molecule has 1 atom stereocenters. The molecule has 0 bridgehead atoms. The van der Waals surface area contributed by atoms with Gasteiger partial charge in [0.1, 0.15) is 0 Å². The van der Waals surface area contributed by atoms with Crippen LogP contribution in [0, 0.1) is 0 Å². The fraction of sp³-hybridized carbons (Fsp3) is 0.182. The zero-order valence-corrected chi connectivity index (χ0v) is 16.6. The van der Waals surface area contributed by atoms with Crippen molar-refractivity contribution in [1.29, 1.82) is 0 Å². The van der Waals surface area contributed by atoms with Crippen molar-refractivity contribution < 1.29 is 4.79 Å². The Balaban J connectivity index is 1.59. The number of nitrogens with zero attached hydrogens (tertiary/aromatic N) is 1. The molecule has 0 spiro atoms. The second-order valence-electron chi connectivity index (χ2n) is 6.19. The highest BCUT2D eigenvalue weighted by atomic mass is 35.5. The number of carbonyl (C=O) groups is 1. The van der Waals surface area contributed by atoms with Crippen LogP contribution in [-0.4, -0.2) is 16.1 Å². The fourth-order valence-electron chi connectivity index (χ4n) is 2.66. The minimum Gasteiger partial charge on any atom is -0.325 e. The van der Waals surface area contributed by atoms with Crippen molar-refractivity contribution >= 4 is 35.0 Å². The van der Waals surface area contributed by atoms with E-state index in [0.717, 1.165) is 23.4 Å². The van der Waals surface area contributed by atoms with Crippen molar-refractivity contribution in [3.63, 3.8) is 0 Å². The third-order valence-electron chi connectivity index (χ3n) is 4.13. The molecule has 2 aromatic carbocycles. The Morgan fingerprint density at radius 2 is 1.63 bits per heavy atom. The van der Waals surface area contributed by atoms with Gasteiger partial charge in [0.2, 0.25) is 5.91 Å². The molecular weight excluding hydrogens is 376 g/mol. The van der Waals surface area contributed by atoms with E-state index in [1.807, 2.05) is 67.6 Å². The van der Waals surface area contributed by atoms with Gasteiger partial charge in [-0.15, -0.1) is 11.8 Å². The summed E-state index contributed by atoms with van der Waals surface area (Å²) in [5.41, 5.74) is 3.22. The Morgan fingerprint density at radius 3 is 2.26 bits per heavy atom. The number of benzene rings is 2. The molecule has 1 N–H and O–H groups in total. The molecule has 1 aromatic heterocycles. The quantitative estimate of drug-likeness (QED) is 0.510. The number of hydrogen-bond donors (Lipinski definition) is 1. The first-order chi connectivity index (χ1) is 13.1. The fourth-order valence-corrected chi connectivity index (χ4v) is 3.75. The highest BCUT2D eigenvalue weighted by Gasteiger charge is 2.18. The van der Waals surface area contributed by atoms with Crippen molar-refractivity contribution in [3.8, 4) is 0 Å². The zero-order chi connectivity index (χ0) is 19.1. The molecule has 1 heterocycles. The Morgan fingerprint density at radius 1 is 1.00 bits per heavy atom. The maximum Gasteiger partial charge on any atom is 0.237 e. The Bertz CT molecular complexity index is 867. The number of carbonyl (C=O) groups excluding carboxylic acids is 1.